The van der Waals surface area contributed by atoms with Crippen LogP contribution < -0.4 is 4.90 Å². The van der Waals surface area contributed by atoms with Crippen molar-refractivity contribution in [2.75, 3.05) is 4.90 Å². The first-order valence-electron chi connectivity index (χ1n) is 9.65. The van der Waals surface area contributed by atoms with Crippen LogP contribution in [0.25, 0.3) is 5.57 Å². The van der Waals surface area contributed by atoms with Crippen LogP contribution in [0.1, 0.15) is 42.5 Å². The maximum absolute atomic E-state index is 13.5. The summed E-state index contributed by atoms with van der Waals surface area (Å²) in [6.45, 7) is 4.25. The smallest absolute Gasteiger partial charge is 0.294 e. The van der Waals surface area contributed by atoms with Crippen LogP contribution in [0.4, 0.5) is 10.1 Å². The van der Waals surface area contributed by atoms with Crippen LogP contribution >= 0.6 is 0 Å². The summed E-state index contributed by atoms with van der Waals surface area (Å²) in [5.41, 5.74) is 3.95. The summed E-state index contributed by atoms with van der Waals surface area (Å²) in [5, 5.41) is 10.8. The van der Waals surface area contributed by atoms with Gasteiger partial charge in [0.2, 0.25) is 0 Å². The number of benzene rings is 3. The van der Waals surface area contributed by atoms with E-state index in [4.69, 9.17) is 0 Å². The Kier molecular flexibility index (Phi) is 4.93. The molecule has 1 N–H and O–H groups in total. The third-order valence-electron chi connectivity index (χ3n) is 5.32. The minimum Gasteiger partial charge on any atom is -0.503 e. The van der Waals surface area contributed by atoms with Crippen LogP contribution in [-0.4, -0.2) is 11.0 Å². The van der Waals surface area contributed by atoms with Crippen LogP contribution in [-0.2, 0) is 4.79 Å². The fourth-order valence-electron chi connectivity index (χ4n) is 3.76. The van der Waals surface area contributed by atoms with E-state index < -0.39 is 11.9 Å². The van der Waals surface area contributed by atoms with E-state index >= 15 is 0 Å². The van der Waals surface area contributed by atoms with Crippen molar-refractivity contribution in [2.45, 2.75) is 25.8 Å². The SMILES string of the molecule is CC(C)c1ccc([C@H]2C(c3ccccc3)=C(O)C(=O)N2c2ccc(F)cc2)cc1. The molecular weight excluding hydrogens is 365 g/mol. The lowest BCUT2D eigenvalue weighted by atomic mass is 9.91. The van der Waals surface area contributed by atoms with Crippen LogP contribution in [0.5, 0.6) is 0 Å². The van der Waals surface area contributed by atoms with Gasteiger partial charge in [-0.25, -0.2) is 4.39 Å². The summed E-state index contributed by atoms with van der Waals surface area (Å²) >= 11 is 0. The van der Waals surface area contributed by atoms with E-state index in [9.17, 15) is 14.3 Å². The zero-order chi connectivity index (χ0) is 20.5. The summed E-state index contributed by atoms with van der Waals surface area (Å²) in [7, 11) is 0. The third-order valence-corrected chi connectivity index (χ3v) is 5.32. The summed E-state index contributed by atoms with van der Waals surface area (Å²) in [6, 6.07) is 22.7. The third kappa shape index (κ3) is 3.42. The Balaban J connectivity index is 1.87. The molecule has 3 nitrogen and oxygen atoms in total. The van der Waals surface area contributed by atoms with Crippen molar-refractivity contribution in [1.82, 2.24) is 0 Å². The molecule has 3 aromatic carbocycles. The average Bonchev–Trinajstić information content (AvgIpc) is 3.00. The molecule has 1 amide bonds. The number of aliphatic hydroxyl groups is 1. The summed E-state index contributed by atoms with van der Waals surface area (Å²) in [5.74, 6) is -0.759. The van der Waals surface area contributed by atoms with E-state index in [0.29, 0.717) is 17.2 Å². The highest BCUT2D eigenvalue weighted by atomic mass is 19.1. The van der Waals surface area contributed by atoms with Gasteiger partial charge in [0.1, 0.15) is 5.82 Å². The predicted octanol–water partition coefficient (Wildman–Crippen LogP) is 6.01. The van der Waals surface area contributed by atoms with Crippen LogP contribution in [0.15, 0.2) is 84.6 Å². The van der Waals surface area contributed by atoms with E-state index in [0.717, 1.165) is 11.1 Å². The van der Waals surface area contributed by atoms with Crippen molar-refractivity contribution in [1.29, 1.82) is 0 Å². The summed E-state index contributed by atoms with van der Waals surface area (Å²) in [4.78, 5) is 14.6. The topological polar surface area (TPSA) is 40.5 Å². The van der Waals surface area contributed by atoms with Gasteiger partial charge in [-0.15, -0.1) is 0 Å². The lowest BCUT2D eigenvalue weighted by molar-refractivity contribution is -0.117. The number of nitrogens with zero attached hydrogens (tertiary/aromatic N) is 1. The maximum Gasteiger partial charge on any atom is 0.294 e. The van der Waals surface area contributed by atoms with Crippen molar-refractivity contribution in [3.05, 3.63) is 107 Å². The van der Waals surface area contributed by atoms with Crippen LogP contribution in [0.3, 0.4) is 0 Å². The zero-order valence-corrected chi connectivity index (χ0v) is 16.3. The molecule has 0 saturated heterocycles. The van der Waals surface area contributed by atoms with Gasteiger partial charge in [0.25, 0.3) is 5.91 Å². The normalized spacial score (nSPS) is 16.8. The molecule has 0 unspecified atom stereocenters. The van der Waals surface area contributed by atoms with Gasteiger partial charge < -0.3 is 5.11 Å². The van der Waals surface area contributed by atoms with Gasteiger partial charge in [0.15, 0.2) is 5.76 Å². The van der Waals surface area contributed by atoms with Gasteiger partial charge in [-0.2, -0.15) is 0 Å². The van der Waals surface area contributed by atoms with Crippen molar-refractivity contribution < 1.29 is 14.3 Å². The first-order chi connectivity index (χ1) is 14.0. The number of rotatable bonds is 4. The molecule has 3 aromatic rings. The Morgan fingerprint density at radius 3 is 2.10 bits per heavy atom. The minimum atomic E-state index is -0.503. The van der Waals surface area contributed by atoms with Gasteiger partial charge in [0.05, 0.1) is 6.04 Å². The number of hydrogen-bond donors (Lipinski definition) is 1. The summed E-state index contributed by atoms with van der Waals surface area (Å²) in [6.07, 6.45) is 0. The Morgan fingerprint density at radius 2 is 1.52 bits per heavy atom. The Hall–Kier alpha value is -3.40. The second kappa shape index (κ2) is 7.55. The molecular formula is C25H22FNO2. The second-order valence-electron chi connectivity index (χ2n) is 7.50. The predicted molar refractivity (Wildman–Crippen MR) is 113 cm³/mol. The van der Waals surface area contributed by atoms with Gasteiger partial charge in [0, 0.05) is 11.3 Å². The molecule has 1 aliphatic rings. The molecule has 0 bridgehead atoms. The quantitative estimate of drug-likeness (QED) is 0.596. The van der Waals surface area contributed by atoms with Gasteiger partial charge >= 0.3 is 0 Å². The number of carbonyl (C=O) groups is 1. The van der Waals surface area contributed by atoms with Gasteiger partial charge in [-0.1, -0.05) is 68.4 Å². The number of carbonyl (C=O) groups excluding carboxylic acids is 1. The van der Waals surface area contributed by atoms with E-state index in [-0.39, 0.29) is 11.6 Å². The zero-order valence-electron chi connectivity index (χ0n) is 16.3. The first-order valence-corrected chi connectivity index (χ1v) is 9.65. The molecule has 1 aliphatic heterocycles. The van der Waals surface area contributed by atoms with Crippen molar-refractivity contribution in [3.63, 3.8) is 0 Å². The fraction of sp³-hybridized carbons (Fsp3) is 0.160. The lowest BCUT2D eigenvalue weighted by Crippen LogP contribution is -2.30. The van der Waals surface area contributed by atoms with E-state index in [1.165, 1.54) is 22.6 Å². The van der Waals surface area contributed by atoms with Gasteiger partial charge in [-0.3, -0.25) is 9.69 Å². The number of anilines is 1. The van der Waals surface area contributed by atoms with Crippen molar-refractivity contribution in [2.24, 2.45) is 0 Å². The van der Waals surface area contributed by atoms with E-state index in [1.807, 2.05) is 54.6 Å². The highest BCUT2D eigenvalue weighted by Crippen LogP contribution is 2.45. The Morgan fingerprint density at radius 1 is 0.897 bits per heavy atom. The molecule has 0 spiro atoms. The van der Waals surface area contributed by atoms with E-state index in [2.05, 4.69) is 13.8 Å². The number of hydrogen-bond acceptors (Lipinski definition) is 2. The molecule has 0 fully saturated rings. The molecule has 0 aliphatic carbocycles. The fourth-order valence-corrected chi connectivity index (χ4v) is 3.76. The second-order valence-corrected chi connectivity index (χ2v) is 7.50. The van der Waals surface area contributed by atoms with Gasteiger partial charge in [-0.05, 0) is 46.9 Å². The largest absolute Gasteiger partial charge is 0.503 e. The van der Waals surface area contributed by atoms with Crippen molar-refractivity contribution >= 4 is 17.2 Å². The van der Waals surface area contributed by atoms with E-state index in [1.54, 1.807) is 12.1 Å². The summed E-state index contributed by atoms with van der Waals surface area (Å²) < 4.78 is 13.5. The Labute approximate surface area is 169 Å². The molecule has 1 heterocycles. The van der Waals surface area contributed by atoms with Crippen LogP contribution in [0, 0.1) is 5.82 Å². The molecule has 4 heteroatoms. The molecule has 0 saturated carbocycles. The maximum atomic E-state index is 13.5. The first kappa shape index (κ1) is 18.9. The highest BCUT2D eigenvalue weighted by Gasteiger charge is 2.41. The molecule has 29 heavy (non-hydrogen) atoms. The van der Waals surface area contributed by atoms with Crippen LogP contribution in [0.2, 0.25) is 0 Å². The minimum absolute atomic E-state index is 0.279. The molecule has 0 aromatic heterocycles. The highest BCUT2D eigenvalue weighted by molar-refractivity contribution is 6.15. The number of aliphatic hydroxyl groups excluding tert-OH is 1. The van der Waals surface area contributed by atoms with Crippen molar-refractivity contribution in [3.8, 4) is 0 Å². The molecule has 1 atom stereocenters. The monoisotopic (exact) mass is 387 g/mol. The average molecular weight is 387 g/mol. The molecule has 0 radical (unpaired) electrons. The Bertz CT molecular complexity index is 1050. The number of halogens is 1. The standard InChI is InChI=1S/C25H22FNO2/c1-16(2)17-8-10-19(11-9-17)23-22(18-6-4-3-5-7-18)24(28)25(29)27(23)21-14-12-20(26)13-15-21/h3-16,23,28H,1-2H3/t23-/m0/s1. The molecule has 4 rings (SSSR count). The molecule has 146 valence electrons. The lowest BCUT2D eigenvalue weighted by Gasteiger charge is -2.27. The number of amides is 1.